The molecule has 134 valence electrons. The van der Waals surface area contributed by atoms with E-state index >= 15 is 0 Å². The van der Waals surface area contributed by atoms with Crippen LogP contribution >= 0.6 is 11.6 Å². The first-order chi connectivity index (χ1) is 12.4. The smallest absolute Gasteiger partial charge is 0.325 e. The predicted molar refractivity (Wildman–Crippen MR) is 90.4 cm³/mol. The van der Waals surface area contributed by atoms with E-state index in [0.717, 1.165) is 11.0 Å². The molecule has 0 aromatic heterocycles. The summed E-state index contributed by atoms with van der Waals surface area (Å²) in [6.45, 7) is 1.69. The lowest BCUT2D eigenvalue weighted by atomic mass is 9.91. The lowest BCUT2D eigenvalue weighted by Gasteiger charge is -2.22. The second kappa shape index (κ2) is 5.88. The Morgan fingerprint density at radius 3 is 2.73 bits per heavy atom. The SMILES string of the molecule is CC1(c2ccc3c(c2)OCO3)NC(=O)N(Cc2ccc(F)cc2Cl)C1=O. The monoisotopic (exact) mass is 376 g/mol. The number of ether oxygens (including phenoxy) is 2. The number of halogens is 2. The number of hydrogen-bond acceptors (Lipinski definition) is 4. The Morgan fingerprint density at radius 2 is 1.96 bits per heavy atom. The van der Waals surface area contributed by atoms with Crippen LogP contribution in [0.25, 0.3) is 0 Å². The second-order valence-corrected chi connectivity index (χ2v) is 6.66. The molecule has 0 aliphatic carbocycles. The molecule has 2 heterocycles. The van der Waals surface area contributed by atoms with Crippen molar-refractivity contribution in [1.29, 1.82) is 0 Å². The Bertz CT molecular complexity index is 935. The standard InChI is InChI=1S/C18H14ClFN2O4/c1-18(11-3-5-14-15(6-11)26-9-25-14)16(23)22(17(24)21-18)8-10-2-4-12(20)7-13(10)19/h2-7H,8-9H2,1H3,(H,21,24). The van der Waals surface area contributed by atoms with E-state index in [1.165, 1.54) is 12.1 Å². The number of fused-ring (bicyclic) bond motifs is 1. The highest BCUT2D eigenvalue weighted by Gasteiger charge is 2.49. The number of nitrogens with zero attached hydrogens (tertiary/aromatic N) is 1. The van der Waals surface area contributed by atoms with Gasteiger partial charge in [-0.3, -0.25) is 9.69 Å². The molecule has 4 rings (SSSR count). The van der Waals surface area contributed by atoms with Gasteiger partial charge >= 0.3 is 6.03 Å². The molecular formula is C18H14ClFN2O4. The Hall–Kier alpha value is -2.80. The van der Waals surface area contributed by atoms with Gasteiger partial charge in [-0.2, -0.15) is 0 Å². The first kappa shape index (κ1) is 16.7. The van der Waals surface area contributed by atoms with E-state index < -0.39 is 23.3 Å². The van der Waals surface area contributed by atoms with Crippen LogP contribution in [0.15, 0.2) is 36.4 Å². The minimum Gasteiger partial charge on any atom is -0.454 e. The molecule has 1 unspecified atom stereocenters. The normalized spacial score (nSPS) is 21.3. The lowest BCUT2D eigenvalue weighted by Crippen LogP contribution is -2.40. The molecule has 2 aliphatic heterocycles. The third kappa shape index (κ3) is 2.55. The van der Waals surface area contributed by atoms with Gasteiger partial charge in [0.25, 0.3) is 5.91 Å². The van der Waals surface area contributed by atoms with Crippen molar-refractivity contribution in [3.05, 3.63) is 58.4 Å². The van der Waals surface area contributed by atoms with Crippen molar-refractivity contribution in [1.82, 2.24) is 10.2 Å². The molecule has 0 bridgehead atoms. The van der Waals surface area contributed by atoms with Gasteiger partial charge in [0.15, 0.2) is 11.5 Å². The number of rotatable bonds is 3. The molecule has 26 heavy (non-hydrogen) atoms. The molecule has 3 amide bonds. The third-order valence-corrected chi connectivity index (χ3v) is 4.92. The van der Waals surface area contributed by atoms with Gasteiger partial charge in [0, 0.05) is 5.02 Å². The van der Waals surface area contributed by atoms with Gasteiger partial charge in [-0.15, -0.1) is 0 Å². The van der Waals surface area contributed by atoms with E-state index in [0.29, 0.717) is 22.6 Å². The molecular weight excluding hydrogens is 363 g/mol. The van der Waals surface area contributed by atoms with E-state index in [1.54, 1.807) is 25.1 Å². The van der Waals surface area contributed by atoms with E-state index in [9.17, 15) is 14.0 Å². The molecule has 0 saturated carbocycles. The summed E-state index contributed by atoms with van der Waals surface area (Å²) in [4.78, 5) is 26.4. The summed E-state index contributed by atoms with van der Waals surface area (Å²) in [7, 11) is 0. The maximum atomic E-state index is 13.2. The zero-order chi connectivity index (χ0) is 18.5. The van der Waals surface area contributed by atoms with Gasteiger partial charge in [0.05, 0.1) is 6.54 Å². The van der Waals surface area contributed by atoms with Gasteiger partial charge in [0.1, 0.15) is 11.4 Å². The lowest BCUT2D eigenvalue weighted by molar-refractivity contribution is -0.131. The van der Waals surface area contributed by atoms with Crippen LogP contribution in [0.3, 0.4) is 0 Å². The number of benzene rings is 2. The molecule has 2 aliphatic rings. The summed E-state index contributed by atoms with van der Waals surface area (Å²) in [5.74, 6) is 0.192. The highest BCUT2D eigenvalue weighted by Crippen LogP contribution is 2.38. The maximum absolute atomic E-state index is 13.2. The largest absolute Gasteiger partial charge is 0.454 e. The number of hydrogen-bond donors (Lipinski definition) is 1. The van der Waals surface area contributed by atoms with Crippen LogP contribution in [0, 0.1) is 5.82 Å². The molecule has 2 aromatic carbocycles. The van der Waals surface area contributed by atoms with Crippen molar-refractivity contribution >= 4 is 23.5 Å². The van der Waals surface area contributed by atoms with Crippen molar-refractivity contribution in [2.24, 2.45) is 0 Å². The number of nitrogens with one attached hydrogen (secondary N) is 1. The summed E-state index contributed by atoms with van der Waals surface area (Å²) in [6.07, 6.45) is 0. The van der Waals surface area contributed by atoms with Crippen molar-refractivity contribution in [2.45, 2.75) is 19.0 Å². The first-order valence-corrected chi connectivity index (χ1v) is 8.24. The first-order valence-electron chi connectivity index (χ1n) is 7.86. The zero-order valence-corrected chi connectivity index (χ0v) is 14.5. The van der Waals surface area contributed by atoms with Crippen molar-refractivity contribution < 1.29 is 23.5 Å². The van der Waals surface area contributed by atoms with E-state index in [-0.39, 0.29) is 18.4 Å². The Balaban J connectivity index is 1.64. The van der Waals surface area contributed by atoms with Crippen molar-refractivity contribution in [2.75, 3.05) is 6.79 Å². The Labute approximate surface area is 153 Å². The number of carbonyl (C=O) groups is 2. The third-order valence-electron chi connectivity index (χ3n) is 4.57. The van der Waals surface area contributed by atoms with Gasteiger partial charge in [-0.25, -0.2) is 9.18 Å². The topological polar surface area (TPSA) is 67.9 Å². The fraction of sp³-hybridized carbons (Fsp3) is 0.222. The van der Waals surface area contributed by atoms with Crippen LogP contribution < -0.4 is 14.8 Å². The highest BCUT2D eigenvalue weighted by atomic mass is 35.5. The van der Waals surface area contributed by atoms with Crippen LogP contribution in [0.2, 0.25) is 5.02 Å². The van der Waals surface area contributed by atoms with E-state index in [1.807, 2.05) is 0 Å². The predicted octanol–water partition coefficient (Wildman–Crippen LogP) is 3.18. The van der Waals surface area contributed by atoms with Crippen LogP contribution in [0.1, 0.15) is 18.1 Å². The van der Waals surface area contributed by atoms with Gasteiger partial charge in [-0.1, -0.05) is 23.7 Å². The fourth-order valence-corrected chi connectivity index (χ4v) is 3.29. The molecule has 2 aromatic rings. The Kier molecular flexibility index (Phi) is 3.77. The Morgan fingerprint density at radius 1 is 1.19 bits per heavy atom. The summed E-state index contributed by atoms with van der Waals surface area (Å²) in [6, 6.07) is 8.37. The number of carbonyl (C=O) groups excluding carboxylic acids is 2. The molecule has 8 heteroatoms. The summed E-state index contributed by atoms with van der Waals surface area (Å²) in [5, 5.41) is 2.87. The fourth-order valence-electron chi connectivity index (χ4n) is 3.06. The molecule has 1 atom stereocenters. The van der Waals surface area contributed by atoms with Gasteiger partial charge in [0.2, 0.25) is 6.79 Å². The van der Waals surface area contributed by atoms with E-state index in [4.69, 9.17) is 21.1 Å². The molecule has 1 fully saturated rings. The van der Waals surface area contributed by atoms with Crippen molar-refractivity contribution in [3.8, 4) is 11.5 Å². The van der Waals surface area contributed by atoms with E-state index in [2.05, 4.69) is 5.32 Å². The quantitative estimate of drug-likeness (QED) is 0.835. The second-order valence-electron chi connectivity index (χ2n) is 6.25. The molecule has 0 radical (unpaired) electrons. The van der Waals surface area contributed by atoms with Crippen LogP contribution in [-0.2, 0) is 16.9 Å². The van der Waals surface area contributed by atoms with Crippen molar-refractivity contribution in [3.63, 3.8) is 0 Å². The summed E-state index contributed by atoms with van der Waals surface area (Å²) < 4.78 is 23.8. The molecule has 6 nitrogen and oxygen atoms in total. The molecule has 0 spiro atoms. The van der Waals surface area contributed by atoms with Gasteiger partial charge in [-0.05, 0) is 42.3 Å². The van der Waals surface area contributed by atoms with Crippen LogP contribution in [0.4, 0.5) is 9.18 Å². The summed E-state index contributed by atoms with van der Waals surface area (Å²) in [5.41, 5.74) is -0.191. The average molecular weight is 377 g/mol. The van der Waals surface area contributed by atoms with Crippen LogP contribution in [-0.4, -0.2) is 23.6 Å². The number of urea groups is 1. The number of imide groups is 1. The summed E-state index contributed by atoms with van der Waals surface area (Å²) >= 11 is 6.02. The minimum absolute atomic E-state index is 0.0517. The highest BCUT2D eigenvalue weighted by molar-refractivity contribution is 6.31. The van der Waals surface area contributed by atoms with Crippen LogP contribution in [0.5, 0.6) is 11.5 Å². The average Bonchev–Trinajstić information content (AvgIpc) is 3.15. The zero-order valence-electron chi connectivity index (χ0n) is 13.7. The number of amides is 3. The maximum Gasteiger partial charge on any atom is 0.325 e. The minimum atomic E-state index is -1.25. The molecule has 1 saturated heterocycles. The van der Waals surface area contributed by atoms with Gasteiger partial charge < -0.3 is 14.8 Å². The molecule has 1 N–H and O–H groups in total.